The van der Waals surface area contributed by atoms with Gasteiger partial charge in [0.05, 0.1) is 5.92 Å². The third-order valence-corrected chi connectivity index (χ3v) is 3.96. The molecule has 0 aromatic heterocycles. The molecule has 0 saturated heterocycles. The van der Waals surface area contributed by atoms with Crippen LogP contribution in [0.4, 0.5) is 26.3 Å². The minimum atomic E-state index is -4.32. The topological polar surface area (TPSA) is 12.0 Å². The van der Waals surface area contributed by atoms with Gasteiger partial charge in [0, 0.05) is 12.5 Å². The van der Waals surface area contributed by atoms with Gasteiger partial charge in [-0.3, -0.25) is 0 Å². The highest BCUT2D eigenvalue weighted by Crippen LogP contribution is 2.44. The summed E-state index contributed by atoms with van der Waals surface area (Å²) in [5.41, 5.74) is 0. The fourth-order valence-electron chi connectivity index (χ4n) is 3.10. The maximum absolute atomic E-state index is 13.0. The molecule has 1 N–H and O–H groups in total. The molecule has 0 aliphatic heterocycles. The summed E-state index contributed by atoms with van der Waals surface area (Å²) in [7, 11) is 0. The summed E-state index contributed by atoms with van der Waals surface area (Å²) in [6, 6.07) is -0.714. The van der Waals surface area contributed by atoms with Crippen molar-refractivity contribution < 1.29 is 26.3 Å². The van der Waals surface area contributed by atoms with Crippen molar-refractivity contribution in [3.8, 4) is 0 Å². The lowest BCUT2D eigenvalue weighted by molar-refractivity contribution is -0.200. The molecule has 0 heterocycles. The van der Waals surface area contributed by atoms with E-state index in [9.17, 15) is 26.3 Å². The molecule has 0 spiro atoms. The molecule has 120 valence electrons. The van der Waals surface area contributed by atoms with E-state index in [4.69, 9.17) is 0 Å². The summed E-state index contributed by atoms with van der Waals surface area (Å²) in [5.74, 6) is -2.22. The van der Waals surface area contributed by atoms with Crippen molar-refractivity contribution in [3.05, 3.63) is 0 Å². The summed E-state index contributed by atoms with van der Waals surface area (Å²) in [6.07, 6.45) is -8.43. The second-order valence-corrected chi connectivity index (χ2v) is 5.41. The van der Waals surface area contributed by atoms with E-state index < -0.39 is 36.7 Å². The number of hydrogen-bond acceptors (Lipinski definition) is 1. The monoisotopic (exact) mass is 305 g/mol. The van der Waals surface area contributed by atoms with Crippen LogP contribution in [0.15, 0.2) is 0 Å². The molecule has 3 atom stereocenters. The van der Waals surface area contributed by atoms with Gasteiger partial charge in [-0.2, -0.15) is 26.3 Å². The van der Waals surface area contributed by atoms with Crippen LogP contribution < -0.4 is 5.32 Å². The maximum atomic E-state index is 13.0. The van der Waals surface area contributed by atoms with E-state index in [0.29, 0.717) is 25.8 Å². The second kappa shape index (κ2) is 7.00. The third-order valence-electron chi connectivity index (χ3n) is 3.96. The van der Waals surface area contributed by atoms with Crippen LogP contribution in [0.25, 0.3) is 0 Å². The first-order chi connectivity index (χ1) is 9.15. The van der Waals surface area contributed by atoms with E-state index in [2.05, 4.69) is 5.32 Å². The molecule has 1 aliphatic carbocycles. The van der Waals surface area contributed by atoms with Gasteiger partial charge in [0.2, 0.25) is 0 Å². The first kappa shape index (κ1) is 17.6. The lowest BCUT2D eigenvalue weighted by Gasteiger charge is -2.38. The summed E-state index contributed by atoms with van der Waals surface area (Å²) >= 11 is 0. The first-order valence-corrected chi connectivity index (χ1v) is 7.02. The van der Waals surface area contributed by atoms with E-state index in [1.54, 1.807) is 6.92 Å². The Labute approximate surface area is 115 Å². The Hall–Kier alpha value is -0.460. The Morgan fingerprint density at radius 2 is 1.65 bits per heavy atom. The third kappa shape index (κ3) is 5.50. The van der Waals surface area contributed by atoms with Crippen molar-refractivity contribution in [1.29, 1.82) is 0 Å². The number of nitrogens with one attached hydrogen (secondary N) is 1. The fraction of sp³-hybridized carbons (Fsp3) is 1.00. The highest BCUT2D eigenvalue weighted by molar-refractivity contribution is 4.88. The Balaban J connectivity index is 2.76. The van der Waals surface area contributed by atoms with Crippen molar-refractivity contribution in [2.45, 2.75) is 63.8 Å². The Morgan fingerprint density at radius 1 is 1.05 bits per heavy atom. The minimum absolute atomic E-state index is 0.0298. The highest BCUT2D eigenvalue weighted by Gasteiger charge is 2.48. The molecule has 0 radical (unpaired) electrons. The molecule has 1 aliphatic rings. The van der Waals surface area contributed by atoms with Crippen LogP contribution in [0.2, 0.25) is 0 Å². The molecule has 0 amide bonds. The smallest absolute Gasteiger partial charge is 0.314 e. The fourth-order valence-corrected chi connectivity index (χ4v) is 3.10. The van der Waals surface area contributed by atoms with Gasteiger partial charge in [0.15, 0.2) is 0 Å². The lowest BCUT2D eigenvalue weighted by Crippen LogP contribution is -2.46. The summed E-state index contributed by atoms with van der Waals surface area (Å²) in [6.45, 7) is 2.08. The largest absolute Gasteiger partial charge is 0.392 e. The lowest BCUT2D eigenvalue weighted by atomic mass is 9.73. The Morgan fingerprint density at radius 3 is 2.15 bits per heavy atom. The number of rotatable bonds is 5. The van der Waals surface area contributed by atoms with Crippen LogP contribution in [-0.4, -0.2) is 24.9 Å². The van der Waals surface area contributed by atoms with Crippen LogP contribution in [-0.2, 0) is 0 Å². The molecular weight excluding hydrogens is 284 g/mol. The second-order valence-electron chi connectivity index (χ2n) is 5.41. The molecule has 7 heteroatoms. The van der Waals surface area contributed by atoms with Crippen molar-refractivity contribution in [2.24, 2.45) is 11.8 Å². The summed E-state index contributed by atoms with van der Waals surface area (Å²) in [4.78, 5) is 0. The van der Waals surface area contributed by atoms with Gasteiger partial charge in [-0.15, -0.1) is 0 Å². The first-order valence-electron chi connectivity index (χ1n) is 7.02. The average Bonchev–Trinajstić information content (AvgIpc) is 2.32. The predicted molar refractivity (Wildman–Crippen MR) is 64.3 cm³/mol. The van der Waals surface area contributed by atoms with Gasteiger partial charge in [0.25, 0.3) is 0 Å². The van der Waals surface area contributed by atoms with E-state index >= 15 is 0 Å². The van der Waals surface area contributed by atoms with Crippen molar-refractivity contribution >= 4 is 0 Å². The normalized spacial score (nSPS) is 26.6. The van der Waals surface area contributed by atoms with Gasteiger partial charge in [-0.25, -0.2) is 0 Å². The molecule has 1 fully saturated rings. The van der Waals surface area contributed by atoms with Crippen molar-refractivity contribution in [3.63, 3.8) is 0 Å². The highest BCUT2D eigenvalue weighted by atomic mass is 19.4. The molecule has 3 unspecified atom stereocenters. The standard InChI is InChI=1S/C13H21F6N/c1-2-20-11(7-8-12(14,15)16)9-5-3-4-6-10(9)13(17,18)19/h9-11,20H,2-8H2,1H3. The quantitative estimate of drug-likeness (QED) is 0.727. The molecular formula is C13H21F6N. The number of halogens is 6. The molecule has 0 aromatic rings. The molecule has 20 heavy (non-hydrogen) atoms. The minimum Gasteiger partial charge on any atom is -0.314 e. The zero-order chi connectivity index (χ0) is 15.4. The number of hydrogen-bond donors (Lipinski definition) is 1. The summed E-state index contributed by atoms with van der Waals surface area (Å²) in [5, 5.41) is 2.83. The van der Waals surface area contributed by atoms with Crippen molar-refractivity contribution in [1.82, 2.24) is 5.32 Å². The van der Waals surface area contributed by atoms with Gasteiger partial charge < -0.3 is 5.32 Å². The Bertz CT molecular complexity index is 286. The van der Waals surface area contributed by atoms with Crippen LogP contribution >= 0.6 is 0 Å². The zero-order valence-corrected chi connectivity index (χ0v) is 11.4. The molecule has 1 rings (SSSR count). The maximum Gasteiger partial charge on any atom is 0.392 e. The Kier molecular flexibility index (Phi) is 6.16. The average molecular weight is 305 g/mol. The van der Waals surface area contributed by atoms with E-state index in [0.717, 1.165) is 0 Å². The van der Waals surface area contributed by atoms with E-state index in [1.807, 2.05) is 0 Å². The van der Waals surface area contributed by atoms with E-state index in [1.165, 1.54) is 0 Å². The molecule has 0 aromatic carbocycles. The van der Waals surface area contributed by atoms with Crippen molar-refractivity contribution in [2.75, 3.05) is 6.54 Å². The van der Waals surface area contributed by atoms with Crippen LogP contribution in [0.1, 0.15) is 45.4 Å². The molecule has 1 saturated carbocycles. The SMILES string of the molecule is CCNC(CCC(F)(F)F)C1CCCCC1C(F)(F)F. The van der Waals surface area contributed by atoms with Crippen LogP contribution in [0.3, 0.4) is 0 Å². The number of alkyl halides is 6. The van der Waals surface area contributed by atoms with Gasteiger partial charge in [0.1, 0.15) is 0 Å². The predicted octanol–water partition coefficient (Wildman–Crippen LogP) is 4.68. The van der Waals surface area contributed by atoms with Crippen LogP contribution in [0, 0.1) is 11.8 Å². The van der Waals surface area contributed by atoms with Gasteiger partial charge in [-0.1, -0.05) is 19.8 Å². The van der Waals surface area contributed by atoms with Gasteiger partial charge in [-0.05, 0) is 31.7 Å². The van der Waals surface area contributed by atoms with Gasteiger partial charge >= 0.3 is 12.4 Å². The molecule has 0 bridgehead atoms. The zero-order valence-electron chi connectivity index (χ0n) is 11.4. The van der Waals surface area contributed by atoms with E-state index in [-0.39, 0.29) is 12.8 Å². The molecule has 1 nitrogen and oxygen atoms in total. The summed E-state index contributed by atoms with van der Waals surface area (Å²) < 4.78 is 76.0. The van der Waals surface area contributed by atoms with Crippen LogP contribution in [0.5, 0.6) is 0 Å².